The van der Waals surface area contributed by atoms with E-state index in [0.717, 1.165) is 19.3 Å². The van der Waals surface area contributed by atoms with Gasteiger partial charge in [0.1, 0.15) is 0 Å². The Balaban J connectivity index is 2.67. The minimum atomic E-state index is -0.765. The first-order valence-corrected chi connectivity index (χ1v) is 7.89. The van der Waals surface area contributed by atoms with Crippen LogP contribution in [0.15, 0.2) is 12.1 Å². The van der Waals surface area contributed by atoms with Gasteiger partial charge >= 0.3 is 5.97 Å². The van der Waals surface area contributed by atoms with Gasteiger partial charge in [-0.15, -0.1) is 0 Å². The molecule has 2 atom stereocenters. The standard InChI is InChI=1S/C18H29NO2/c1-5-15(10-17(11-19)18(20)21)7-9-16-8-6-12(2)13(3)14(16)4/h6,8,15,17H,5,7,9-11,19H2,1-4H3,(H,20,21). The van der Waals surface area contributed by atoms with Crippen molar-refractivity contribution in [2.24, 2.45) is 17.6 Å². The number of nitrogens with two attached hydrogens (primary N) is 1. The van der Waals surface area contributed by atoms with Crippen LogP contribution in [-0.2, 0) is 11.2 Å². The van der Waals surface area contributed by atoms with E-state index in [1.807, 2.05) is 0 Å². The maximum absolute atomic E-state index is 11.1. The quantitative estimate of drug-likeness (QED) is 0.769. The summed E-state index contributed by atoms with van der Waals surface area (Å²) in [6.07, 6.45) is 3.74. The fourth-order valence-corrected chi connectivity index (χ4v) is 2.83. The summed E-state index contributed by atoms with van der Waals surface area (Å²) in [5.41, 5.74) is 11.0. The van der Waals surface area contributed by atoms with E-state index >= 15 is 0 Å². The lowest BCUT2D eigenvalue weighted by molar-refractivity contribution is -0.142. The number of aryl methyl sites for hydroxylation is 2. The Hall–Kier alpha value is -1.35. The zero-order valence-electron chi connectivity index (χ0n) is 13.8. The number of hydrogen-bond donors (Lipinski definition) is 2. The first-order chi connectivity index (χ1) is 9.90. The molecule has 0 aromatic heterocycles. The summed E-state index contributed by atoms with van der Waals surface area (Å²) in [6, 6.07) is 4.39. The van der Waals surface area contributed by atoms with Gasteiger partial charge in [-0.25, -0.2) is 0 Å². The van der Waals surface area contributed by atoms with Crippen molar-refractivity contribution < 1.29 is 9.90 Å². The second-order valence-corrected chi connectivity index (χ2v) is 6.11. The number of rotatable bonds is 8. The Morgan fingerprint density at radius 3 is 2.43 bits per heavy atom. The molecule has 0 aliphatic carbocycles. The molecular formula is C18H29NO2. The fraction of sp³-hybridized carbons (Fsp3) is 0.611. The van der Waals surface area contributed by atoms with Crippen LogP contribution in [0.3, 0.4) is 0 Å². The third kappa shape index (κ3) is 4.85. The molecule has 0 bridgehead atoms. The van der Waals surface area contributed by atoms with Gasteiger partial charge in [0.05, 0.1) is 5.92 Å². The zero-order valence-corrected chi connectivity index (χ0v) is 13.8. The second-order valence-electron chi connectivity index (χ2n) is 6.11. The van der Waals surface area contributed by atoms with Crippen LogP contribution >= 0.6 is 0 Å². The van der Waals surface area contributed by atoms with Crippen molar-refractivity contribution in [3.63, 3.8) is 0 Å². The highest BCUT2D eigenvalue weighted by atomic mass is 16.4. The Morgan fingerprint density at radius 1 is 1.24 bits per heavy atom. The highest BCUT2D eigenvalue weighted by molar-refractivity contribution is 5.70. The molecule has 0 aliphatic rings. The summed E-state index contributed by atoms with van der Waals surface area (Å²) >= 11 is 0. The molecule has 0 heterocycles. The van der Waals surface area contributed by atoms with Crippen molar-refractivity contribution >= 4 is 5.97 Å². The number of carbonyl (C=O) groups is 1. The predicted octanol–water partition coefficient (Wildman–Crippen LogP) is 3.62. The van der Waals surface area contributed by atoms with Gasteiger partial charge < -0.3 is 10.8 Å². The molecular weight excluding hydrogens is 262 g/mol. The molecule has 21 heavy (non-hydrogen) atoms. The molecule has 0 saturated heterocycles. The Bertz CT molecular complexity index is 482. The topological polar surface area (TPSA) is 63.3 Å². The average Bonchev–Trinajstić information content (AvgIpc) is 2.46. The van der Waals surface area contributed by atoms with Gasteiger partial charge in [-0.3, -0.25) is 4.79 Å². The molecule has 3 heteroatoms. The predicted molar refractivity (Wildman–Crippen MR) is 87.6 cm³/mol. The van der Waals surface area contributed by atoms with Crippen LogP contribution in [0.4, 0.5) is 0 Å². The van der Waals surface area contributed by atoms with Gasteiger partial charge in [0.2, 0.25) is 0 Å². The molecule has 0 saturated carbocycles. The van der Waals surface area contributed by atoms with E-state index in [1.165, 1.54) is 22.3 Å². The number of hydrogen-bond acceptors (Lipinski definition) is 2. The molecule has 1 aromatic carbocycles. The van der Waals surface area contributed by atoms with Crippen LogP contribution in [-0.4, -0.2) is 17.6 Å². The maximum atomic E-state index is 11.1. The monoisotopic (exact) mass is 291 g/mol. The van der Waals surface area contributed by atoms with Crippen molar-refractivity contribution in [2.75, 3.05) is 6.54 Å². The largest absolute Gasteiger partial charge is 0.481 e. The van der Waals surface area contributed by atoms with Crippen LogP contribution in [0, 0.1) is 32.6 Å². The molecule has 0 amide bonds. The number of carboxylic acids is 1. The van der Waals surface area contributed by atoms with Gasteiger partial charge in [0.15, 0.2) is 0 Å². The zero-order chi connectivity index (χ0) is 16.0. The Labute approximate surface area is 128 Å². The molecule has 0 fully saturated rings. The van der Waals surface area contributed by atoms with E-state index in [9.17, 15) is 4.79 Å². The summed E-state index contributed by atoms with van der Waals surface area (Å²) in [5, 5.41) is 9.13. The number of aliphatic carboxylic acids is 1. The Morgan fingerprint density at radius 2 is 1.90 bits per heavy atom. The molecule has 3 nitrogen and oxygen atoms in total. The SMILES string of the molecule is CCC(CCc1ccc(C)c(C)c1C)CC(CN)C(=O)O. The van der Waals surface area contributed by atoms with Crippen molar-refractivity contribution in [2.45, 2.75) is 53.4 Å². The minimum Gasteiger partial charge on any atom is -0.481 e. The molecule has 1 aromatic rings. The van der Waals surface area contributed by atoms with Crippen LogP contribution in [0.25, 0.3) is 0 Å². The first kappa shape index (κ1) is 17.7. The van der Waals surface area contributed by atoms with Crippen LogP contribution in [0.2, 0.25) is 0 Å². The van der Waals surface area contributed by atoms with Crippen LogP contribution in [0.5, 0.6) is 0 Å². The molecule has 0 radical (unpaired) electrons. The fourth-order valence-electron chi connectivity index (χ4n) is 2.83. The highest BCUT2D eigenvalue weighted by Gasteiger charge is 2.20. The van der Waals surface area contributed by atoms with Crippen molar-refractivity contribution in [1.29, 1.82) is 0 Å². The lowest BCUT2D eigenvalue weighted by atomic mass is 9.86. The molecule has 118 valence electrons. The maximum Gasteiger partial charge on any atom is 0.307 e. The van der Waals surface area contributed by atoms with E-state index in [-0.39, 0.29) is 6.54 Å². The summed E-state index contributed by atoms with van der Waals surface area (Å²) in [7, 11) is 0. The van der Waals surface area contributed by atoms with Gasteiger partial charge in [-0.2, -0.15) is 0 Å². The van der Waals surface area contributed by atoms with E-state index in [0.29, 0.717) is 12.3 Å². The van der Waals surface area contributed by atoms with E-state index in [2.05, 4.69) is 39.8 Å². The molecule has 1 rings (SSSR count). The third-order valence-corrected chi connectivity index (χ3v) is 4.82. The van der Waals surface area contributed by atoms with Crippen molar-refractivity contribution in [3.05, 3.63) is 34.4 Å². The van der Waals surface area contributed by atoms with Gasteiger partial charge in [0.25, 0.3) is 0 Å². The lowest BCUT2D eigenvalue weighted by Crippen LogP contribution is -2.26. The van der Waals surface area contributed by atoms with Gasteiger partial charge in [-0.05, 0) is 68.2 Å². The van der Waals surface area contributed by atoms with E-state index in [1.54, 1.807) is 0 Å². The van der Waals surface area contributed by atoms with E-state index in [4.69, 9.17) is 10.8 Å². The average molecular weight is 291 g/mol. The summed E-state index contributed by atoms with van der Waals surface area (Å²) < 4.78 is 0. The molecule has 0 spiro atoms. The van der Waals surface area contributed by atoms with Crippen LogP contribution in [0.1, 0.15) is 48.4 Å². The van der Waals surface area contributed by atoms with Crippen LogP contribution < -0.4 is 5.73 Å². The smallest absolute Gasteiger partial charge is 0.307 e. The van der Waals surface area contributed by atoms with Crippen molar-refractivity contribution in [1.82, 2.24) is 0 Å². The highest BCUT2D eigenvalue weighted by Crippen LogP contribution is 2.24. The molecule has 3 N–H and O–H groups in total. The number of carboxylic acid groups (broad SMARTS) is 1. The minimum absolute atomic E-state index is 0.231. The summed E-state index contributed by atoms with van der Waals surface area (Å²) in [4.78, 5) is 11.1. The molecule has 2 unspecified atom stereocenters. The second kappa shape index (κ2) is 8.18. The molecule has 0 aliphatic heterocycles. The third-order valence-electron chi connectivity index (χ3n) is 4.82. The lowest BCUT2D eigenvalue weighted by Gasteiger charge is -2.20. The number of benzene rings is 1. The normalized spacial score (nSPS) is 14.0. The van der Waals surface area contributed by atoms with Gasteiger partial charge in [-0.1, -0.05) is 25.5 Å². The Kier molecular flexibility index (Phi) is 6.90. The summed E-state index contributed by atoms with van der Waals surface area (Å²) in [6.45, 7) is 8.85. The van der Waals surface area contributed by atoms with Crippen molar-refractivity contribution in [3.8, 4) is 0 Å². The summed E-state index contributed by atoms with van der Waals surface area (Å²) in [5.74, 6) is -0.746. The van der Waals surface area contributed by atoms with E-state index < -0.39 is 11.9 Å². The first-order valence-electron chi connectivity index (χ1n) is 7.89. The van der Waals surface area contributed by atoms with Gasteiger partial charge in [0, 0.05) is 6.54 Å².